The molecule has 0 N–H and O–H groups in total. The van der Waals surface area contributed by atoms with E-state index in [0.717, 1.165) is 66.6 Å². The zero-order valence-corrected chi connectivity index (χ0v) is 23.2. The lowest BCUT2D eigenvalue weighted by molar-refractivity contribution is 0.620. The molecule has 0 aliphatic heterocycles. The molecule has 0 aliphatic rings. The lowest BCUT2D eigenvalue weighted by Gasteiger charge is -2.11. The fourth-order valence-electron chi connectivity index (χ4n) is 5.53. The van der Waals surface area contributed by atoms with Crippen molar-refractivity contribution in [3.63, 3.8) is 0 Å². The predicted octanol–water partition coefficient (Wildman–Crippen LogP) is 10.1. The third-order valence-corrected chi connectivity index (χ3v) is 7.71. The van der Waals surface area contributed by atoms with Crippen LogP contribution in [0.1, 0.15) is 0 Å². The number of fused-ring (bicyclic) bond motifs is 3. The van der Waals surface area contributed by atoms with Gasteiger partial charge in [-0.2, -0.15) is 0 Å². The zero-order chi connectivity index (χ0) is 28.6. The monoisotopic (exact) mass is 551 g/mol. The molecule has 0 bridgehead atoms. The Balaban J connectivity index is 1.20. The third-order valence-electron chi connectivity index (χ3n) is 7.71. The number of hydrogen-bond acceptors (Lipinski definition) is 4. The van der Waals surface area contributed by atoms with Gasteiger partial charge in [-0.15, -0.1) is 0 Å². The molecular weight excluding hydrogens is 526 g/mol. The van der Waals surface area contributed by atoms with Gasteiger partial charge in [0.1, 0.15) is 5.52 Å². The van der Waals surface area contributed by atoms with Gasteiger partial charge in [-0.05, 0) is 52.9 Å². The highest BCUT2D eigenvalue weighted by Gasteiger charge is 2.14. The van der Waals surface area contributed by atoms with Crippen LogP contribution in [0.25, 0.3) is 78.4 Å². The summed E-state index contributed by atoms with van der Waals surface area (Å²) in [5, 5.41) is 2.17. The second-order valence-corrected chi connectivity index (χ2v) is 10.5. The summed E-state index contributed by atoms with van der Waals surface area (Å²) in [6.07, 6.45) is 0. The van der Waals surface area contributed by atoms with Gasteiger partial charge in [0.25, 0.3) is 0 Å². The Morgan fingerprint density at radius 3 is 1.65 bits per heavy atom. The van der Waals surface area contributed by atoms with Crippen molar-refractivity contribution in [3.8, 4) is 56.5 Å². The molecule has 8 rings (SSSR count). The zero-order valence-electron chi connectivity index (χ0n) is 23.2. The SMILES string of the molecule is c1ccc(-c2cc(-c3ccccc3)nc(-c3cccc(-c4ccc5c(ccc6oc(-c7ccccc7)nc65)c4)c3)n2)cc1. The van der Waals surface area contributed by atoms with E-state index in [4.69, 9.17) is 19.4 Å². The maximum atomic E-state index is 6.10. The van der Waals surface area contributed by atoms with Gasteiger partial charge in [0, 0.05) is 27.6 Å². The highest BCUT2D eigenvalue weighted by atomic mass is 16.3. The van der Waals surface area contributed by atoms with Crippen molar-refractivity contribution >= 4 is 21.9 Å². The van der Waals surface area contributed by atoms with Crippen molar-refractivity contribution in [2.45, 2.75) is 0 Å². The summed E-state index contributed by atoms with van der Waals surface area (Å²) in [5.41, 5.74) is 9.71. The minimum Gasteiger partial charge on any atom is -0.436 e. The maximum Gasteiger partial charge on any atom is 0.227 e. The molecule has 0 spiro atoms. The van der Waals surface area contributed by atoms with Gasteiger partial charge >= 0.3 is 0 Å². The van der Waals surface area contributed by atoms with E-state index in [2.05, 4.69) is 78.9 Å². The average Bonchev–Trinajstić information content (AvgIpc) is 3.54. The fourth-order valence-corrected chi connectivity index (χ4v) is 5.53. The standard InChI is InChI=1S/C39H25N3O/c1-4-11-26(12-5-1)34-25-35(27-13-6-2-7-14-27)41-38(40-34)32-18-10-17-29(24-32)30-19-21-33-31(23-30)20-22-36-37(33)42-39(43-36)28-15-8-3-9-16-28/h1-25H. The smallest absolute Gasteiger partial charge is 0.227 e. The highest BCUT2D eigenvalue weighted by Crippen LogP contribution is 2.34. The van der Waals surface area contributed by atoms with Gasteiger partial charge < -0.3 is 4.42 Å². The van der Waals surface area contributed by atoms with Crippen molar-refractivity contribution in [3.05, 3.63) is 152 Å². The van der Waals surface area contributed by atoms with Gasteiger partial charge in [-0.25, -0.2) is 15.0 Å². The van der Waals surface area contributed by atoms with Gasteiger partial charge in [0.2, 0.25) is 5.89 Å². The summed E-state index contributed by atoms with van der Waals surface area (Å²) < 4.78 is 6.10. The van der Waals surface area contributed by atoms with Crippen molar-refractivity contribution in [2.75, 3.05) is 0 Å². The molecule has 0 aliphatic carbocycles. The van der Waals surface area contributed by atoms with E-state index in [1.165, 1.54) is 0 Å². The summed E-state index contributed by atoms with van der Waals surface area (Å²) in [5.74, 6) is 1.33. The molecule has 202 valence electrons. The first-order valence-corrected chi connectivity index (χ1v) is 14.3. The normalized spacial score (nSPS) is 11.3. The van der Waals surface area contributed by atoms with Crippen LogP contribution < -0.4 is 0 Å². The van der Waals surface area contributed by atoms with E-state index in [0.29, 0.717) is 11.7 Å². The minimum absolute atomic E-state index is 0.632. The Bertz CT molecular complexity index is 2170. The Labute approximate surface area is 249 Å². The lowest BCUT2D eigenvalue weighted by atomic mass is 9.99. The Morgan fingerprint density at radius 1 is 0.395 bits per heavy atom. The van der Waals surface area contributed by atoms with Crippen LogP contribution in [0.2, 0.25) is 0 Å². The van der Waals surface area contributed by atoms with Crippen molar-refractivity contribution in [2.24, 2.45) is 0 Å². The van der Waals surface area contributed by atoms with E-state index >= 15 is 0 Å². The summed E-state index contributed by atoms with van der Waals surface area (Å²) in [6, 6.07) is 51.6. The molecule has 0 unspecified atom stereocenters. The Kier molecular flexibility index (Phi) is 6.08. The molecule has 0 radical (unpaired) electrons. The van der Waals surface area contributed by atoms with E-state index < -0.39 is 0 Å². The second kappa shape index (κ2) is 10.5. The largest absolute Gasteiger partial charge is 0.436 e. The van der Waals surface area contributed by atoms with E-state index in [9.17, 15) is 0 Å². The minimum atomic E-state index is 0.632. The van der Waals surface area contributed by atoms with Crippen LogP contribution >= 0.6 is 0 Å². The highest BCUT2D eigenvalue weighted by molar-refractivity contribution is 6.05. The van der Waals surface area contributed by atoms with Crippen LogP contribution in [0.3, 0.4) is 0 Å². The average molecular weight is 552 g/mol. The molecule has 0 saturated heterocycles. The van der Waals surface area contributed by atoms with Crippen LogP contribution in [-0.2, 0) is 0 Å². The third kappa shape index (κ3) is 4.75. The molecule has 0 saturated carbocycles. The molecule has 4 nitrogen and oxygen atoms in total. The molecule has 2 heterocycles. The predicted molar refractivity (Wildman–Crippen MR) is 174 cm³/mol. The van der Waals surface area contributed by atoms with Gasteiger partial charge in [0.15, 0.2) is 11.4 Å². The molecule has 0 amide bonds. The molecule has 6 aromatic carbocycles. The first kappa shape index (κ1) is 24.9. The topological polar surface area (TPSA) is 51.8 Å². The first-order chi connectivity index (χ1) is 21.3. The second-order valence-electron chi connectivity index (χ2n) is 10.5. The van der Waals surface area contributed by atoms with Crippen molar-refractivity contribution < 1.29 is 4.42 Å². The molecule has 4 heteroatoms. The summed E-state index contributed by atoms with van der Waals surface area (Å²) >= 11 is 0. The Morgan fingerprint density at radius 2 is 0.977 bits per heavy atom. The molecule has 43 heavy (non-hydrogen) atoms. The number of nitrogens with zero attached hydrogens (tertiary/aromatic N) is 3. The quantitative estimate of drug-likeness (QED) is 0.214. The summed E-state index contributed by atoms with van der Waals surface area (Å²) in [4.78, 5) is 14.9. The van der Waals surface area contributed by atoms with E-state index in [1.807, 2.05) is 72.8 Å². The summed E-state index contributed by atoms with van der Waals surface area (Å²) in [7, 11) is 0. The van der Waals surface area contributed by atoms with Crippen LogP contribution in [0.15, 0.2) is 156 Å². The van der Waals surface area contributed by atoms with Crippen LogP contribution in [0.4, 0.5) is 0 Å². The molecule has 8 aromatic rings. The molecule has 0 atom stereocenters. The van der Waals surface area contributed by atoms with Gasteiger partial charge in [-0.1, -0.05) is 115 Å². The number of oxazole rings is 1. The van der Waals surface area contributed by atoms with Gasteiger partial charge in [-0.3, -0.25) is 0 Å². The maximum absolute atomic E-state index is 6.10. The van der Waals surface area contributed by atoms with Crippen LogP contribution in [-0.4, -0.2) is 15.0 Å². The number of rotatable bonds is 5. The molecule has 2 aromatic heterocycles. The molecule has 0 fully saturated rings. The van der Waals surface area contributed by atoms with E-state index in [1.54, 1.807) is 0 Å². The lowest BCUT2D eigenvalue weighted by Crippen LogP contribution is -1.96. The number of aromatic nitrogens is 3. The number of benzene rings is 6. The first-order valence-electron chi connectivity index (χ1n) is 14.3. The van der Waals surface area contributed by atoms with Gasteiger partial charge in [0.05, 0.1) is 11.4 Å². The molecular formula is C39H25N3O. The van der Waals surface area contributed by atoms with Crippen LogP contribution in [0.5, 0.6) is 0 Å². The number of hydrogen-bond donors (Lipinski definition) is 0. The van der Waals surface area contributed by atoms with Crippen molar-refractivity contribution in [1.29, 1.82) is 0 Å². The Hall–Kier alpha value is -5.87. The fraction of sp³-hybridized carbons (Fsp3) is 0. The van der Waals surface area contributed by atoms with Crippen LogP contribution in [0, 0.1) is 0 Å². The van der Waals surface area contributed by atoms with Crippen molar-refractivity contribution in [1.82, 2.24) is 15.0 Å². The van der Waals surface area contributed by atoms with E-state index in [-0.39, 0.29) is 0 Å². The summed E-state index contributed by atoms with van der Waals surface area (Å²) in [6.45, 7) is 0.